The quantitative estimate of drug-likeness (QED) is 0.324. The van der Waals surface area contributed by atoms with Gasteiger partial charge in [0.05, 0.1) is 41.5 Å². The van der Waals surface area contributed by atoms with Crippen molar-refractivity contribution >= 4 is 35.1 Å². The topological polar surface area (TPSA) is 141 Å². The maximum atomic E-state index is 13.3. The Labute approximate surface area is 239 Å². The van der Waals surface area contributed by atoms with E-state index in [1.807, 2.05) is 16.9 Å². The average Bonchev–Trinajstić information content (AvgIpc) is 3.64. The standard InChI is InChI=1S/C22H21ClFN9S.C2HF3O2/c23-19-16(2-5-26-21(19)32-12-14(24)9-30-32)34-18-11-27-17(10-28-18)31-7-3-22(4-8-31)13-33-15(20(22)25)1-6-29-33;3-2(4,5)1(6)7/h1-2,5-6,9-12,20H,3-4,7-8,13,25H2;(H,6,7)/t20-;/m1./s1. The number of carbonyl (C=O) groups is 1. The van der Waals surface area contributed by atoms with Crippen LogP contribution >= 0.6 is 23.4 Å². The SMILES string of the molecule is N[C@@H]1c2ccnn2CC12CCN(c1cnc(Sc3ccnc(-n4cc(F)cn4)c3Cl)cn1)CC2.O=C(O)C(F)(F)F. The summed E-state index contributed by atoms with van der Waals surface area (Å²) < 4.78 is 48.4. The maximum Gasteiger partial charge on any atom is 0.490 e. The van der Waals surface area contributed by atoms with Gasteiger partial charge in [-0.25, -0.2) is 28.8 Å². The van der Waals surface area contributed by atoms with E-state index in [9.17, 15) is 17.6 Å². The summed E-state index contributed by atoms with van der Waals surface area (Å²) in [6.45, 7) is 2.63. The number of rotatable bonds is 4. The van der Waals surface area contributed by atoms with Crippen LogP contribution in [0.5, 0.6) is 0 Å². The van der Waals surface area contributed by atoms with Crippen molar-refractivity contribution in [2.75, 3.05) is 18.0 Å². The zero-order valence-electron chi connectivity index (χ0n) is 21.0. The van der Waals surface area contributed by atoms with Gasteiger partial charge in [-0.3, -0.25) is 4.68 Å². The molecule has 6 rings (SSSR count). The molecular weight excluding hydrogens is 590 g/mol. The van der Waals surface area contributed by atoms with Gasteiger partial charge in [-0.05, 0) is 25.0 Å². The van der Waals surface area contributed by atoms with Crippen molar-refractivity contribution in [2.24, 2.45) is 11.1 Å². The highest BCUT2D eigenvalue weighted by atomic mass is 35.5. The summed E-state index contributed by atoms with van der Waals surface area (Å²) in [7, 11) is 0. The fourth-order valence-corrected chi connectivity index (χ4v) is 5.87. The van der Waals surface area contributed by atoms with Crippen LogP contribution in [-0.4, -0.2) is 64.9 Å². The van der Waals surface area contributed by atoms with E-state index in [0.29, 0.717) is 15.9 Å². The lowest BCUT2D eigenvalue weighted by Gasteiger charge is -2.41. The molecule has 216 valence electrons. The molecule has 0 radical (unpaired) electrons. The Morgan fingerprint density at radius 1 is 1.10 bits per heavy atom. The zero-order chi connectivity index (χ0) is 29.4. The molecule has 0 aliphatic carbocycles. The second-order valence-electron chi connectivity index (χ2n) is 9.41. The molecule has 6 heterocycles. The van der Waals surface area contributed by atoms with Gasteiger partial charge in [-0.2, -0.15) is 23.4 Å². The number of alkyl halides is 3. The molecule has 1 fully saturated rings. The molecule has 2 aliphatic heterocycles. The van der Waals surface area contributed by atoms with Gasteiger partial charge in [-0.1, -0.05) is 23.4 Å². The highest BCUT2D eigenvalue weighted by Gasteiger charge is 2.47. The third kappa shape index (κ3) is 5.99. The van der Waals surface area contributed by atoms with Crippen LogP contribution in [0.2, 0.25) is 5.02 Å². The van der Waals surface area contributed by atoms with E-state index >= 15 is 0 Å². The monoisotopic (exact) mass is 611 g/mol. The van der Waals surface area contributed by atoms with Gasteiger partial charge in [0.1, 0.15) is 10.8 Å². The van der Waals surface area contributed by atoms with E-state index < -0.39 is 18.0 Å². The number of pyridine rings is 1. The number of anilines is 1. The van der Waals surface area contributed by atoms with E-state index in [2.05, 4.69) is 30.0 Å². The van der Waals surface area contributed by atoms with Crippen molar-refractivity contribution in [3.05, 3.63) is 65.8 Å². The van der Waals surface area contributed by atoms with Crippen molar-refractivity contribution in [1.29, 1.82) is 0 Å². The first kappa shape index (κ1) is 28.8. The minimum Gasteiger partial charge on any atom is -0.475 e. The van der Waals surface area contributed by atoms with E-state index in [1.165, 1.54) is 22.6 Å². The smallest absolute Gasteiger partial charge is 0.475 e. The summed E-state index contributed by atoms with van der Waals surface area (Å²) in [4.78, 5) is 25.3. The van der Waals surface area contributed by atoms with E-state index in [4.69, 9.17) is 27.2 Å². The molecule has 4 aromatic rings. The Kier molecular flexibility index (Phi) is 7.89. The molecule has 41 heavy (non-hydrogen) atoms. The fraction of sp³-hybridized carbons (Fsp3) is 0.333. The van der Waals surface area contributed by atoms with Gasteiger partial charge in [0.2, 0.25) is 0 Å². The zero-order valence-corrected chi connectivity index (χ0v) is 22.6. The highest BCUT2D eigenvalue weighted by molar-refractivity contribution is 7.99. The first-order valence-corrected chi connectivity index (χ1v) is 13.3. The number of carboxylic acids is 1. The third-order valence-corrected chi connectivity index (χ3v) is 8.42. The molecule has 1 atom stereocenters. The Balaban J connectivity index is 0.000000431. The molecule has 0 bridgehead atoms. The molecule has 0 amide bonds. The molecule has 0 aromatic carbocycles. The number of nitrogens with two attached hydrogens (primary N) is 1. The van der Waals surface area contributed by atoms with Gasteiger partial charge in [0.25, 0.3) is 0 Å². The first-order valence-electron chi connectivity index (χ1n) is 12.1. The van der Waals surface area contributed by atoms with Gasteiger partial charge in [-0.15, -0.1) is 0 Å². The Bertz CT molecular complexity index is 1540. The number of hydrogen-bond donors (Lipinski definition) is 2. The van der Waals surface area contributed by atoms with Crippen molar-refractivity contribution < 1.29 is 27.5 Å². The fourth-order valence-electron chi connectivity index (χ4n) is 4.81. The van der Waals surface area contributed by atoms with Crippen LogP contribution < -0.4 is 10.6 Å². The lowest BCUT2D eigenvalue weighted by molar-refractivity contribution is -0.192. The summed E-state index contributed by atoms with van der Waals surface area (Å²) >= 11 is 7.88. The molecule has 0 unspecified atom stereocenters. The van der Waals surface area contributed by atoms with Crippen LogP contribution in [0.3, 0.4) is 0 Å². The predicted octanol–water partition coefficient (Wildman–Crippen LogP) is 4.13. The number of fused-ring (bicyclic) bond motifs is 1. The average molecular weight is 612 g/mol. The molecule has 1 spiro atoms. The van der Waals surface area contributed by atoms with Gasteiger partial charge in [0, 0.05) is 42.3 Å². The normalized spacial score (nSPS) is 17.7. The summed E-state index contributed by atoms with van der Waals surface area (Å²) in [5.74, 6) is -2.01. The minimum absolute atomic E-state index is 0.0234. The molecule has 1 saturated heterocycles. The van der Waals surface area contributed by atoms with Crippen LogP contribution in [-0.2, 0) is 11.3 Å². The van der Waals surface area contributed by atoms with E-state index in [1.54, 1.807) is 24.7 Å². The van der Waals surface area contributed by atoms with E-state index in [-0.39, 0.29) is 11.5 Å². The van der Waals surface area contributed by atoms with Crippen molar-refractivity contribution in [3.8, 4) is 5.82 Å². The number of halogens is 5. The lowest BCUT2D eigenvalue weighted by atomic mass is 9.73. The number of hydrogen-bond acceptors (Lipinski definition) is 9. The summed E-state index contributed by atoms with van der Waals surface area (Å²) in [6, 6.07) is 3.83. The molecule has 0 saturated carbocycles. The van der Waals surface area contributed by atoms with Crippen LogP contribution in [0, 0.1) is 11.2 Å². The Morgan fingerprint density at radius 3 is 2.41 bits per heavy atom. The van der Waals surface area contributed by atoms with E-state index in [0.717, 1.165) is 55.1 Å². The molecule has 3 N–H and O–H groups in total. The summed E-state index contributed by atoms with van der Waals surface area (Å²) in [6.07, 6.45) is 6.19. The second-order valence-corrected chi connectivity index (χ2v) is 10.8. The second kappa shape index (κ2) is 11.3. The maximum absolute atomic E-state index is 13.3. The van der Waals surface area contributed by atoms with Crippen LogP contribution in [0.25, 0.3) is 5.82 Å². The van der Waals surface area contributed by atoms with Gasteiger partial charge >= 0.3 is 12.1 Å². The largest absolute Gasteiger partial charge is 0.490 e. The lowest BCUT2D eigenvalue weighted by Crippen LogP contribution is -2.45. The summed E-state index contributed by atoms with van der Waals surface area (Å²) in [5, 5.41) is 16.5. The van der Waals surface area contributed by atoms with Gasteiger partial charge in [0.15, 0.2) is 11.6 Å². The molecule has 11 nitrogen and oxygen atoms in total. The number of nitrogens with zero attached hydrogens (tertiary/aromatic N) is 8. The number of aromatic nitrogens is 7. The first-order chi connectivity index (χ1) is 19.5. The third-order valence-electron chi connectivity index (χ3n) is 6.95. The van der Waals surface area contributed by atoms with Crippen molar-refractivity contribution in [2.45, 2.75) is 41.5 Å². The van der Waals surface area contributed by atoms with Crippen LogP contribution in [0.15, 0.2) is 59.2 Å². The number of carboxylic acid groups (broad SMARTS) is 1. The highest BCUT2D eigenvalue weighted by Crippen LogP contribution is 2.47. The van der Waals surface area contributed by atoms with Crippen LogP contribution in [0.4, 0.5) is 23.4 Å². The number of piperidine rings is 1. The predicted molar refractivity (Wildman–Crippen MR) is 139 cm³/mol. The van der Waals surface area contributed by atoms with Crippen molar-refractivity contribution in [1.82, 2.24) is 34.5 Å². The van der Waals surface area contributed by atoms with Crippen molar-refractivity contribution in [3.63, 3.8) is 0 Å². The Hall–Kier alpha value is -3.76. The molecule has 17 heteroatoms. The minimum atomic E-state index is -5.08. The molecule has 4 aromatic heterocycles. The molecular formula is C24H22ClF4N9O2S. The summed E-state index contributed by atoms with van der Waals surface area (Å²) in [5.41, 5.74) is 7.79. The number of aliphatic carboxylic acids is 1. The Morgan fingerprint density at radius 2 is 1.83 bits per heavy atom. The molecule has 2 aliphatic rings. The van der Waals surface area contributed by atoms with Gasteiger partial charge < -0.3 is 15.7 Å². The van der Waals surface area contributed by atoms with Crippen LogP contribution in [0.1, 0.15) is 24.6 Å².